The lowest BCUT2D eigenvalue weighted by atomic mass is 10.1. The van der Waals surface area contributed by atoms with Crippen molar-refractivity contribution < 1.29 is 0 Å². The van der Waals surface area contributed by atoms with Crippen LogP contribution in [0.5, 0.6) is 0 Å². The van der Waals surface area contributed by atoms with Crippen molar-refractivity contribution >= 4 is 12.2 Å². The van der Waals surface area contributed by atoms with Crippen LogP contribution >= 0.6 is 12.2 Å². The average molecular weight is 278 g/mol. The summed E-state index contributed by atoms with van der Waals surface area (Å²) in [7, 11) is 0. The summed E-state index contributed by atoms with van der Waals surface area (Å²) in [6, 6.07) is 22.2. The van der Waals surface area contributed by atoms with Gasteiger partial charge < -0.3 is 0 Å². The summed E-state index contributed by atoms with van der Waals surface area (Å²) in [6.07, 6.45) is 0. The van der Waals surface area contributed by atoms with Crippen LogP contribution in [0.1, 0.15) is 5.56 Å². The summed E-state index contributed by atoms with van der Waals surface area (Å²) in [6.45, 7) is 2.08. The van der Waals surface area contributed by atoms with E-state index in [2.05, 4.69) is 36.3 Å². The van der Waals surface area contributed by atoms with E-state index >= 15 is 0 Å². The Morgan fingerprint density at radius 3 is 2.25 bits per heavy atom. The summed E-state index contributed by atoms with van der Waals surface area (Å²) in [5.74, 6) is 0. The van der Waals surface area contributed by atoms with Crippen LogP contribution in [0.3, 0.4) is 0 Å². The standard InChI is InChI=1S/C17H14N2S/c1-13-7-9-14(10-8-13)16-11-12-17(20)19(18-16)15-5-3-2-4-6-15/h2-12H,1H3. The van der Waals surface area contributed by atoms with Crippen LogP contribution in [0.2, 0.25) is 0 Å². The predicted octanol–water partition coefficient (Wildman–Crippen LogP) is 4.58. The van der Waals surface area contributed by atoms with E-state index in [-0.39, 0.29) is 0 Å². The number of para-hydroxylation sites is 1. The number of rotatable bonds is 2. The van der Waals surface area contributed by atoms with E-state index in [1.54, 1.807) is 4.68 Å². The Kier molecular flexibility index (Phi) is 3.44. The molecule has 2 nitrogen and oxygen atoms in total. The quantitative estimate of drug-likeness (QED) is 0.639. The van der Waals surface area contributed by atoms with Crippen molar-refractivity contribution in [2.75, 3.05) is 0 Å². The Morgan fingerprint density at radius 2 is 1.55 bits per heavy atom. The van der Waals surface area contributed by atoms with Gasteiger partial charge in [0.1, 0.15) is 4.64 Å². The summed E-state index contributed by atoms with van der Waals surface area (Å²) >= 11 is 5.36. The second-order valence-corrected chi connectivity index (χ2v) is 5.09. The fraction of sp³-hybridized carbons (Fsp3) is 0.0588. The molecule has 0 bridgehead atoms. The van der Waals surface area contributed by atoms with E-state index in [0.29, 0.717) is 4.64 Å². The normalized spacial score (nSPS) is 10.4. The van der Waals surface area contributed by atoms with E-state index in [4.69, 9.17) is 12.2 Å². The Labute approximate surface area is 123 Å². The number of hydrogen-bond donors (Lipinski definition) is 0. The molecule has 0 amide bonds. The molecule has 0 unspecified atom stereocenters. The van der Waals surface area contributed by atoms with Gasteiger partial charge in [-0.05, 0) is 31.2 Å². The minimum absolute atomic E-state index is 0.701. The Bertz CT molecular complexity index is 774. The van der Waals surface area contributed by atoms with Crippen molar-refractivity contribution in [2.24, 2.45) is 0 Å². The van der Waals surface area contributed by atoms with Gasteiger partial charge in [0.15, 0.2) is 0 Å². The third kappa shape index (κ3) is 2.53. The molecule has 0 spiro atoms. The number of aryl methyl sites for hydroxylation is 1. The van der Waals surface area contributed by atoms with Crippen LogP contribution in [-0.2, 0) is 0 Å². The Balaban J connectivity index is 2.12. The lowest BCUT2D eigenvalue weighted by Crippen LogP contribution is -2.03. The van der Waals surface area contributed by atoms with Gasteiger partial charge in [0.25, 0.3) is 0 Å². The first-order valence-corrected chi connectivity index (χ1v) is 6.88. The van der Waals surface area contributed by atoms with E-state index in [1.165, 1.54) is 5.56 Å². The first-order chi connectivity index (χ1) is 9.74. The van der Waals surface area contributed by atoms with Gasteiger partial charge in [-0.3, -0.25) is 0 Å². The molecule has 20 heavy (non-hydrogen) atoms. The Hall–Kier alpha value is -2.26. The number of aromatic nitrogens is 2. The molecule has 0 atom stereocenters. The zero-order chi connectivity index (χ0) is 13.9. The van der Waals surface area contributed by atoms with E-state index in [1.807, 2.05) is 42.5 Å². The van der Waals surface area contributed by atoms with Crippen molar-refractivity contribution in [3.63, 3.8) is 0 Å². The highest BCUT2D eigenvalue weighted by molar-refractivity contribution is 7.71. The molecule has 2 aromatic carbocycles. The summed E-state index contributed by atoms with van der Waals surface area (Å²) in [4.78, 5) is 0. The van der Waals surface area contributed by atoms with E-state index in [9.17, 15) is 0 Å². The van der Waals surface area contributed by atoms with Gasteiger partial charge in [-0.15, -0.1) is 0 Å². The molecule has 0 fully saturated rings. The maximum atomic E-state index is 5.36. The highest BCUT2D eigenvalue weighted by atomic mass is 32.1. The van der Waals surface area contributed by atoms with E-state index in [0.717, 1.165) is 16.9 Å². The molecule has 3 aromatic rings. The van der Waals surface area contributed by atoms with Crippen LogP contribution in [0.4, 0.5) is 0 Å². The molecule has 98 valence electrons. The van der Waals surface area contributed by atoms with Gasteiger partial charge in [-0.1, -0.05) is 60.2 Å². The fourth-order valence-corrected chi connectivity index (χ4v) is 2.26. The molecule has 0 aliphatic carbocycles. The monoisotopic (exact) mass is 278 g/mol. The van der Waals surface area contributed by atoms with Crippen LogP contribution in [0, 0.1) is 11.6 Å². The average Bonchev–Trinajstić information content (AvgIpc) is 2.50. The molecule has 0 radical (unpaired) electrons. The lowest BCUT2D eigenvalue weighted by Gasteiger charge is -2.08. The largest absolute Gasteiger partial charge is 0.222 e. The van der Waals surface area contributed by atoms with Crippen molar-refractivity contribution in [3.8, 4) is 16.9 Å². The fourth-order valence-electron chi connectivity index (χ4n) is 2.04. The predicted molar refractivity (Wildman–Crippen MR) is 84.6 cm³/mol. The highest BCUT2D eigenvalue weighted by Gasteiger charge is 2.03. The number of benzene rings is 2. The third-order valence-corrected chi connectivity index (χ3v) is 3.46. The summed E-state index contributed by atoms with van der Waals surface area (Å²) in [5, 5.41) is 4.65. The molecule has 3 heteroatoms. The lowest BCUT2D eigenvalue weighted by molar-refractivity contribution is 0.835. The second kappa shape index (κ2) is 5.39. The molecule has 0 saturated heterocycles. The molecule has 1 aromatic heterocycles. The smallest absolute Gasteiger partial charge is 0.128 e. The minimum atomic E-state index is 0.701. The topological polar surface area (TPSA) is 17.8 Å². The van der Waals surface area contributed by atoms with E-state index < -0.39 is 0 Å². The van der Waals surface area contributed by atoms with Crippen LogP contribution in [0.25, 0.3) is 16.9 Å². The molecular formula is C17H14N2S. The SMILES string of the molecule is Cc1ccc(-c2ccc(=S)n(-c3ccccc3)n2)cc1. The van der Waals surface area contributed by atoms with Crippen molar-refractivity contribution in [1.82, 2.24) is 9.78 Å². The highest BCUT2D eigenvalue weighted by Crippen LogP contribution is 2.18. The van der Waals surface area contributed by atoms with Gasteiger partial charge in [0.05, 0.1) is 11.4 Å². The van der Waals surface area contributed by atoms with Gasteiger partial charge in [0, 0.05) is 5.56 Å². The first kappa shape index (κ1) is 12.8. The first-order valence-electron chi connectivity index (χ1n) is 6.47. The molecule has 0 aliphatic rings. The maximum absolute atomic E-state index is 5.36. The van der Waals surface area contributed by atoms with Gasteiger partial charge in [-0.25, -0.2) is 4.68 Å². The van der Waals surface area contributed by atoms with Crippen LogP contribution < -0.4 is 0 Å². The van der Waals surface area contributed by atoms with Crippen molar-refractivity contribution in [1.29, 1.82) is 0 Å². The number of nitrogens with zero attached hydrogens (tertiary/aromatic N) is 2. The molecule has 0 aliphatic heterocycles. The molecule has 1 heterocycles. The molecule has 0 N–H and O–H groups in total. The molecule has 3 rings (SSSR count). The Morgan fingerprint density at radius 1 is 0.850 bits per heavy atom. The van der Waals surface area contributed by atoms with Crippen LogP contribution in [0.15, 0.2) is 66.7 Å². The second-order valence-electron chi connectivity index (χ2n) is 4.67. The molecule has 0 saturated carbocycles. The number of hydrogen-bond acceptors (Lipinski definition) is 2. The van der Waals surface area contributed by atoms with Gasteiger partial charge in [0.2, 0.25) is 0 Å². The minimum Gasteiger partial charge on any atom is -0.222 e. The van der Waals surface area contributed by atoms with Crippen molar-refractivity contribution in [3.05, 3.63) is 76.9 Å². The van der Waals surface area contributed by atoms with Crippen molar-refractivity contribution in [2.45, 2.75) is 6.92 Å². The molecular weight excluding hydrogens is 264 g/mol. The van der Waals surface area contributed by atoms with Crippen LogP contribution in [-0.4, -0.2) is 9.78 Å². The zero-order valence-corrected chi connectivity index (χ0v) is 12.0. The third-order valence-electron chi connectivity index (χ3n) is 3.15. The summed E-state index contributed by atoms with van der Waals surface area (Å²) in [5.41, 5.74) is 4.23. The van der Waals surface area contributed by atoms with Gasteiger partial charge in [-0.2, -0.15) is 5.10 Å². The maximum Gasteiger partial charge on any atom is 0.128 e. The van der Waals surface area contributed by atoms with Gasteiger partial charge >= 0.3 is 0 Å². The zero-order valence-electron chi connectivity index (χ0n) is 11.2. The summed E-state index contributed by atoms with van der Waals surface area (Å²) < 4.78 is 2.50.